The molecule has 0 aliphatic rings. The van der Waals surface area contributed by atoms with Crippen LogP contribution in [0.15, 0.2) is 24.3 Å². The Morgan fingerprint density at radius 1 is 0.464 bits per heavy atom. The largest absolute Gasteiger partial charge is 0.489 e. The van der Waals surface area contributed by atoms with Crippen LogP contribution in [0.5, 0.6) is 0 Å². The van der Waals surface area contributed by atoms with Crippen molar-refractivity contribution in [2.24, 2.45) is 0 Å². The van der Waals surface area contributed by atoms with Gasteiger partial charge in [0.2, 0.25) is 0 Å². The van der Waals surface area contributed by atoms with Crippen LogP contribution in [-0.4, -0.2) is 108 Å². The summed E-state index contributed by atoms with van der Waals surface area (Å²) in [7, 11) is -5.33. The first-order valence-electron chi connectivity index (χ1n) is 15.3. The lowest BCUT2D eigenvalue weighted by atomic mass is 9.69. The van der Waals surface area contributed by atoms with Crippen molar-refractivity contribution in [1.82, 2.24) is 0 Å². The molecule has 0 saturated heterocycles. The van der Waals surface area contributed by atoms with E-state index in [0.29, 0.717) is 5.32 Å². The Labute approximate surface area is 352 Å². The number of rotatable bonds is 17. The fourth-order valence-corrected chi connectivity index (χ4v) is 4.22. The standard InChI is InChI=1S/C26H10BF34NO7/c1-5(2)10(63)62-7-4-3-6(11(28,17(36,37)38)66-25(58,59)15(34,21(48,49)50)68-23(54,55)13(30,31)19(42,43)44)9(27(64)65)8(7)12(29,18(39,40)41)67-26(60,61)16(35,22(51,52)53)69-24(56,57)14(32,33)20(45,46)47/h3-4,64-65H,1H2,2H3,(H,62,63). The van der Waals surface area contributed by atoms with E-state index in [-0.39, 0.29) is 6.92 Å². The molecule has 0 bridgehead atoms. The van der Waals surface area contributed by atoms with E-state index < -0.39 is 150 Å². The van der Waals surface area contributed by atoms with E-state index in [9.17, 15) is 147 Å². The fraction of sp³-hybridized carbons (Fsp3) is 0.654. The number of ether oxygens (including phenoxy) is 4. The summed E-state index contributed by atoms with van der Waals surface area (Å²) in [4.78, 5) is 12.2. The topological polar surface area (TPSA) is 106 Å². The Morgan fingerprint density at radius 2 is 0.768 bits per heavy atom. The number of carbonyl (C=O) groups is 1. The summed E-state index contributed by atoms with van der Waals surface area (Å²) in [6.07, 6.45) is -85.4. The van der Waals surface area contributed by atoms with Crippen molar-refractivity contribution in [2.75, 3.05) is 5.32 Å². The highest BCUT2D eigenvalue weighted by Gasteiger charge is 2.87. The summed E-state index contributed by atoms with van der Waals surface area (Å²) in [5.74, 6) is -53.7. The molecule has 0 aromatic heterocycles. The first-order valence-corrected chi connectivity index (χ1v) is 15.3. The third-order valence-corrected chi connectivity index (χ3v) is 7.53. The third-order valence-electron chi connectivity index (χ3n) is 7.53. The molecule has 3 N–H and O–H groups in total. The van der Waals surface area contributed by atoms with Crippen LogP contribution in [0.25, 0.3) is 0 Å². The number of halogens is 34. The van der Waals surface area contributed by atoms with E-state index >= 15 is 17.6 Å². The van der Waals surface area contributed by atoms with Crippen LogP contribution >= 0.6 is 0 Å². The molecule has 0 aliphatic heterocycles. The lowest BCUT2D eigenvalue weighted by molar-refractivity contribution is -0.554. The van der Waals surface area contributed by atoms with Gasteiger partial charge in [0.15, 0.2) is 0 Å². The lowest BCUT2D eigenvalue weighted by Crippen LogP contribution is -2.67. The molecule has 4 atom stereocenters. The predicted octanol–water partition coefficient (Wildman–Crippen LogP) is 10.5. The van der Waals surface area contributed by atoms with Gasteiger partial charge in [0.25, 0.3) is 5.91 Å². The number of carbonyl (C=O) groups excluding carboxylic acids is 1. The van der Waals surface area contributed by atoms with Gasteiger partial charge in [0, 0.05) is 27.9 Å². The van der Waals surface area contributed by atoms with Crippen LogP contribution in [0, 0.1) is 0 Å². The number of hydrogen-bond donors (Lipinski definition) is 3. The minimum absolute atomic E-state index is 0.253. The average molecular weight is 1110 g/mol. The maximum atomic E-state index is 16.4. The Kier molecular flexibility index (Phi) is 16.0. The molecule has 1 aromatic rings. The molecule has 1 rings (SSSR count). The highest BCUT2D eigenvalue weighted by atomic mass is 19.5. The summed E-state index contributed by atoms with van der Waals surface area (Å²) in [6, 6.07) is -3.06. The summed E-state index contributed by atoms with van der Waals surface area (Å²) in [5, 5.41) is 19.8. The second-order valence-electron chi connectivity index (χ2n) is 12.5. The molecule has 69 heavy (non-hydrogen) atoms. The SMILES string of the molecule is C=C(C)C(=O)Nc1ccc(C(F)(OC(F)(F)C(F)(OC(F)(F)C(F)(F)C(F)(F)F)C(F)(F)F)C(F)(F)F)c(B(O)O)c1C(F)(OC(F)(F)C(F)(OC(F)(F)C(F)(F)C(F)(F)F)C(F)(F)F)C(F)(F)F. The van der Waals surface area contributed by atoms with E-state index in [1.807, 2.05) is 0 Å². The van der Waals surface area contributed by atoms with Gasteiger partial charge in [-0.15, -0.1) is 0 Å². The zero-order valence-corrected chi connectivity index (χ0v) is 30.7. The highest BCUT2D eigenvalue weighted by molar-refractivity contribution is 6.60. The summed E-state index contributed by atoms with van der Waals surface area (Å²) in [6.45, 7) is 2.82. The Balaban J connectivity index is 4.87. The van der Waals surface area contributed by atoms with Gasteiger partial charge >= 0.3 is 104 Å². The summed E-state index contributed by atoms with van der Waals surface area (Å²) in [5.41, 5.74) is -17.8. The monoisotopic (exact) mass is 1110 g/mol. The van der Waals surface area contributed by atoms with Crippen molar-refractivity contribution in [2.45, 2.75) is 104 Å². The first-order chi connectivity index (χ1) is 29.6. The molecule has 0 spiro atoms. The van der Waals surface area contributed by atoms with Gasteiger partial charge < -0.3 is 15.4 Å². The number of anilines is 1. The second-order valence-corrected chi connectivity index (χ2v) is 12.5. The molecule has 1 aromatic carbocycles. The first kappa shape index (κ1) is 62.9. The maximum Gasteiger partial charge on any atom is 0.489 e. The van der Waals surface area contributed by atoms with E-state index in [2.05, 4.69) is 6.58 Å². The Hall–Kier alpha value is -4.13. The number of hydrogen-bond acceptors (Lipinski definition) is 7. The molecular formula is C26H10BF34NO7. The number of nitrogens with one attached hydrogen (secondary N) is 1. The van der Waals surface area contributed by atoms with Crippen molar-refractivity contribution < 1.29 is 183 Å². The molecule has 0 fully saturated rings. The van der Waals surface area contributed by atoms with Crippen LogP contribution in [0.1, 0.15) is 18.1 Å². The third kappa shape index (κ3) is 10.7. The molecule has 0 saturated carbocycles. The smallest absolute Gasteiger partial charge is 0.423 e. The molecule has 4 unspecified atom stereocenters. The second kappa shape index (κ2) is 17.6. The summed E-state index contributed by atoms with van der Waals surface area (Å²) >= 11 is 0. The van der Waals surface area contributed by atoms with Crippen molar-refractivity contribution in [3.63, 3.8) is 0 Å². The summed E-state index contributed by atoms with van der Waals surface area (Å²) < 4.78 is 478. The van der Waals surface area contributed by atoms with Gasteiger partial charge in [-0.05, 0) is 13.0 Å². The molecule has 1 amide bonds. The van der Waals surface area contributed by atoms with E-state index in [1.165, 1.54) is 0 Å². The number of amides is 1. The van der Waals surface area contributed by atoms with Crippen molar-refractivity contribution in [3.05, 3.63) is 35.4 Å². The highest BCUT2D eigenvalue weighted by Crippen LogP contribution is 2.61. The van der Waals surface area contributed by atoms with E-state index in [1.54, 1.807) is 9.47 Å². The quantitative estimate of drug-likeness (QED) is 0.0811. The van der Waals surface area contributed by atoms with Gasteiger partial charge in [0.1, 0.15) is 0 Å². The number of alkyl halides is 34. The molecule has 402 valence electrons. The average Bonchev–Trinajstić information content (AvgIpc) is 3.07. The molecule has 0 heterocycles. The minimum atomic E-state index is -8.97. The molecule has 0 aliphatic carbocycles. The lowest BCUT2D eigenvalue weighted by Gasteiger charge is -2.42. The zero-order chi connectivity index (χ0) is 56.0. The van der Waals surface area contributed by atoms with E-state index in [0.717, 1.165) is 9.47 Å². The van der Waals surface area contributed by atoms with Crippen LogP contribution in [0.2, 0.25) is 0 Å². The van der Waals surface area contributed by atoms with Crippen LogP contribution < -0.4 is 10.8 Å². The van der Waals surface area contributed by atoms with Crippen LogP contribution in [-0.2, 0) is 35.5 Å². The molecule has 43 heteroatoms. The van der Waals surface area contributed by atoms with E-state index in [4.69, 9.17) is 0 Å². The Morgan fingerprint density at radius 3 is 1.01 bits per heavy atom. The fourth-order valence-electron chi connectivity index (χ4n) is 4.22. The normalized spacial score (nSPS) is 18.4. The molecule has 8 nitrogen and oxygen atoms in total. The van der Waals surface area contributed by atoms with Crippen molar-refractivity contribution >= 4 is 24.2 Å². The van der Waals surface area contributed by atoms with Crippen LogP contribution in [0.4, 0.5) is 155 Å². The Bertz CT molecular complexity index is 2060. The van der Waals surface area contributed by atoms with Crippen molar-refractivity contribution in [3.8, 4) is 0 Å². The van der Waals surface area contributed by atoms with Gasteiger partial charge in [-0.1, -0.05) is 12.6 Å². The van der Waals surface area contributed by atoms with Gasteiger partial charge in [-0.25, -0.2) is 0 Å². The predicted molar refractivity (Wildman–Crippen MR) is 143 cm³/mol. The maximum absolute atomic E-state index is 16.4. The van der Waals surface area contributed by atoms with Crippen LogP contribution in [0.3, 0.4) is 0 Å². The molecular weight excluding hydrogens is 1100 g/mol. The number of benzene rings is 1. The van der Waals surface area contributed by atoms with Crippen molar-refractivity contribution in [1.29, 1.82) is 0 Å². The zero-order valence-electron chi connectivity index (χ0n) is 30.7. The van der Waals surface area contributed by atoms with Gasteiger partial charge in [-0.2, -0.15) is 149 Å². The minimum Gasteiger partial charge on any atom is -0.423 e. The molecule has 0 radical (unpaired) electrons. The van der Waals surface area contributed by atoms with Gasteiger partial charge in [-0.3, -0.25) is 23.7 Å². The van der Waals surface area contributed by atoms with Gasteiger partial charge in [0.05, 0.1) is 0 Å².